The fraction of sp³-hybridized carbons (Fsp3) is 0.867. The van der Waals surface area contributed by atoms with Gasteiger partial charge in [-0.05, 0) is 6.92 Å². The molecule has 0 aromatic carbocycles. The Balaban J connectivity index is 3.12. The third-order valence-corrected chi connectivity index (χ3v) is 3.49. The van der Waals surface area contributed by atoms with Crippen molar-refractivity contribution in [2.45, 2.75) is 6.92 Å². The normalized spacial score (nSPS) is 13.5. The van der Waals surface area contributed by atoms with Gasteiger partial charge in [-0.15, -0.1) is 10.6 Å². The predicted octanol–water partition coefficient (Wildman–Crippen LogP) is 1.83. The van der Waals surface area contributed by atoms with Crippen molar-refractivity contribution >= 4 is 7.91 Å². The summed E-state index contributed by atoms with van der Waals surface area (Å²) in [4.78, 5) is 0. The molecule has 0 radical (unpaired) electrons. The summed E-state index contributed by atoms with van der Waals surface area (Å²) in [6.45, 7) is 5.19. The Bertz CT molecular complexity index is 377. The molecule has 8 nitrogen and oxygen atoms in total. The largest absolute Gasteiger partial charge is 0.513 e. The fourth-order valence-corrected chi connectivity index (χ4v) is 2.08. The Morgan fingerprint density at radius 3 is 1.56 bits per heavy atom. The molecule has 10 heteroatoms. The highest BCUT2D eigenvalue weighted by Crippen LogP contribution is 2.49. The van der Waals surface area contributed by atoms with Crippen molar-refractivity contribution < 1.29 is 41.5 Å². The van der Waals surface area contributed by atoms with E-state index in [4.69, 9.17) is 30.1 Å². The smallest absolute Gasteiger partial charge is 0.377 e. The molecule has 0 fully saturated rings. The molecule has 148 valence electrons. The Kier molecular flexibility index (Phi) is 17.8. The SMILES string of the molecule is C#CCOCCOCCOCCOCCOCCO[P@@](=O)(F)OCC. The van der Waals surface area contributed by atoms with Crippen molar-refractivity contribution in [2.75, 3.05) is 79.3 Å². The zero-order valence-corrected chi connectivity index (χ0v) is 15.5. The third kappa shape index (κ3) is 19.6. The molecular weight excluding hydrogens is 358 g/mol. The summed E-state index contributed by atoms with van der Waals surface area (Å²) in [6, 6.07) is 0. The van der Waals surface area contributed by atoms with Gasteiger partial charge in [0, 0.05) is 0 Å². The molecule has 0 aromatic heterocycles. The van der Waals surface area contributed by atoms with Gasteiger partial charge >= 0.3 is 7.91 Å². The summed E-state index contributed by atoms with van der Waals surface area (Å²) in [6.07, 6.45) is 5.03. The molecule has 0 heterocycles. The summed E-state index contributed by atoms with van der Waals surface area (Å²) in [5.41, 5.74) is 0. The molecule has 0 saturated heterocycles. The molecule has 0 rings (SSSR count). The van der Waals surface area contributed by atoms with Gasteiger partial charge in [-0.2, -0.15) is 0 Å². The van der Waals surface area contributed by atoms with Crippen LogP contribution in [0.3, 0.4) is 0 Å². The molecule has 0 aliphatic carbocycles. The number of halogens is 1. The second-order valence-electron chi connectivity index (χ2n) is 4.39. The van der Waals surface area contributed by atoms with Gasteiger partial charge in [0.1, 0.15) is 6.61 Å². The van der Waals surface area contributed by atoms with E-state index in [9.17, 15) is 8.76 Å². The van der Waals surface area contributed by atoms with E-state index < -0.39 is 7.91 Å². The van der Waals surface area contributed by atoms with Gasteiger partial charge in [-0.1, -0.05) is 5.92 Å². The molecule has 0 spiro atoms. The highest BCUT2D eigenvalue weighted by molar-refractivity contribution is 7.48. The Hall–Kier alpha value is -0.560. The Labute approximate surface area is 148 Å². The molecule has 0 amide bonds. The summed E-state index contributed by atoms with van der Waals surface area (Å²) < 4.78 is 58.7. The zero-order chi connectivity index (χ0) is 18.6. The first kappa shape index (κ1) is 24.4. The van der Waals surface area contributed by atoms with Gasteiger partial charge in [0.25, 0.3) is 0 Å². The van der Waals surface area contributed by atoms with Crippen LogP contribution in [0, 0.1) is 12.3 Å². The van der Waals surface area contributed by atoms with Crippen molar-refractivity contribution in [3.05, 3.63) is 0 Å². The monoisotopic (exact) mass is 386 g/mol. The van der Waals surface area contributed by atoms with Crippen LogP contribution >= 0.6 is 7.91 Å². The van der Waals surface area contributed by atoms with Gasteiger partial charge in [0.2, 0.25) is 0 Å². The van der Waals surface area contributed by atoms with Gasteiger partial charge < -0.3 is 23.7 Å². The minimum absolute atomic E-state index is 0.0163. The Morgan fingerprint density at radius 2 is 1.16 bits per heavy atom. The standard InChI is InChI=1S/C15H28FO8P/c1-3-5-18-6-7-19-8-9-20-10-11-21-12-13-22-14-15-24-25(16,17)23-4-2/h1H,4-15H2,2H3/t25-/m1/s1. The lowest BCUT2D eigenvalue weighted by atomic mass is 10.7. The summed E-state index contributed by atoms with van der Waals surface area (Å²) in [5.74, 6) is 2.36. The number of terminal acetylenes is 1. The first-order valence-electron chi connectivity index (χ1n) is 8.03. The van der Waals surface area contributed by atoms with E-state index in [2.05, 4.69) is 15.0 Å². The van der Waals surface area contributed by atoms with Crippen LogP contribution in [0.1, 0.15) is 6.92 Å². The van der Waals surface area contributed by atoms with Gasteiger partial charge in [-0.25, -0.2) is 4.57 Å². The highest BCUT2D eigenvalue weighted by atomic mass is 31.2. The zero-order valence-electron chi connectivity index (χ0n) is 14.7. The predicted molar refractivity (Wildman–Crippen MR) is 89.2 cm³/mol. The van der Waals surface area contributed by atoms with Crippen molar-refractivity contribution in [3.63, 3.8) is 0 Å². The van der Waals surface area contributed by atoms with Crippen LogP contribution in [0.25, 0.3) is 0 Å². The summed E-state index contributed by atoms with van der Waals surface area (Å²) in [5, 5.41) is 0. The average molecular weight is 386 g/mol. The summed E-state index contributed by atoms with van der Waals surface area (Å²) >= 11 is 0. The number of hydrogen-bond donors (Lipinski definition) is 0. The van der Waals surface area contributed by atoms with Crippen LogP contribution in [-0.2, 0) is 37.3 Å². The van der Waals surface area contributed by atoms with Gasteiger partial charge in [0.15, 0.2) is 0 Å². The second-order valence-corrected chi connectivity index (χ2v) is 5.77. The van der Waals surface area contributed by atoms with E-state index in [1.165, 1.54) is 6.92 Å². The molecule has 0 saturated carbocycles. The number of rotatable bonds is 19. The molecule has 1 atom stereocenters. The van der Waals surface area contributed by atoms with Crippen LogP contribution in [-0.4, -0.2) is 79.3 Å². The van der Waals surface area contributed by atoms with Crippen LogP contribution in [0.5, 0.6) is 0 Å². The molecule has 25 heavy (non-hydrogen) atoms. The summed E-state index contributed by atoms with van der Waals surface area (Å²) in [7, 11) is -4.44. The van der Waals surface area contributed by atoms with Crippen LogP contribution < -0.4 is 0 Å². The number of hydrogen-bond acceptors (Lipinski definition) is 8. The molecule has 0 aromatic rings. The molecule has 0 unspecified atom stereocenters. The van der Waals surface area contributed by atoms with Crippen LogP contribution in [0.2, 0.25) is 0 Å². The second kappa shape index (κ2) is 18.2. The Morgan fingerprint density at radius 1 is 0.760 bits per heavy atom. The average Bonchev–Trinajstić information content (AvgIpc) is 2.57. The van der Waals surface area contributed by atoms with E-state index in [0.29, 0.717) is 52.9 Å². The maximum atomic E-state index is 13.0. The van der Waals surface area contributed by atoms with Crippen molar-refractivity contribution in [1.29, 1.82) is 0 Å². The molecule has 0 bridgehead atoms. The molecular formula is C15H28FO8P. The minimum atomic E-state index is -4.44. The van der Waals surface area contributed by atoms with Crippen LogP contribution in [0.15, 0.2) is 0 Å². The van der Waals surface area contributed by atoms with E-state index in [1.807, 2.05) is 0 Å². The lowest BCUT2D eigenvalue weighted by Gasteiger charge is -2.09. The van der Waals surface area contributed by atoms with E-state index >= 15 is 0 Å². The molecule has 0 aliphatic rings. The van der Waals surface area contributed by atoms with E-state index in [1.54, 1.807) is 0 Å². The van der Waals surface area contributed by atoms with Crippen molar-refractivity contribution in [1.82, 2.24) is 0 Å². The third-order valence-electron chi connectivity index (χ3n) is 2.43. The van der Waals surface area contributed by atoms with Gasteiger partial charge in [-0.3, -0.25) is 9.05 Å². The van der Waals surface area contributed by atoms with Crippen molar-refractivity contribution in [2.24, 2.45) is 0 Å². The topological polar surface area (TPSA) is 81.7 Å². The highest BCUT2D eigenvalue weighted by Gasteiger charge is 2.22. The fourth-order valence-electron chi connectivity index (χ4n) is 1.41. The molecule has 0 aliphatic heterocycles. The van der Waals surface area contributed by atoms with E-state index in [0.717, 1.165) is 0 Å². The molecule has 0 N–H and O–H groups in total. The first-order valence-corrected chi connectivity index (χ1v) is 9.46. The van der Waals surface area contributed by atoms with Gasteiger partial charge in [0.05, 0.1) is 72.7 Å². The van der Waals surface area contributed by atoms with Crippen molar-refractivity contribution in [3.8, 4) is 12.3 Å². The maximum Gasteiger partial charge on any atom is 0.513 e. The minimum Gasteiger partial charge on any atom is -0.377 e. The maximum absolute atomic E-state index is 13.0. The quantitative estimate of drug-likeness (QED) is 0.189. The lowest BCUT2D eigenvalue weighted by molar-refractivity contribution is -0.0116. The van der Waals surface area contributed by atoms with E-state index in [-0.39, 0.29) is 26.4 Å². The first-order chi connectivity index (χ1) is 12.1. The van der Waals surface area contributed by atoms with Crippen LogP contribution in [0.4, 0.5) is 4.20 Å². The lowest BCUT2D eigenvalue weighted by Crippen LogP contribution is -2.13. The number of ether oxygens (including phenoxy) is 5.